The first-order chi connectivity index (χ1) is 7.63. The van der Waals surface area contributed by atoms with Crippen molar-refractivity contribution < 1.29 is 4.79 Å². The molecule has 16 heavy (non-hydrogen) atoms. The van der Waals surface area contributed by atoms with E-state index >= 15 is 0 Å². The van der Waals surface area contributed by atoms with Crippen molar-refractivity contribution in [1.29, 1.82) is 0 Å². The average molecular weight is 219 g/mol. The molecule has 1 amide bonds. The lowest BCUT2D eigenvalue weighted by Crippen LogP contribution is -2.26. The maximum Gasteiger partial charge on any atom is 0.219 e. The number of nitrogens with zero attached hydrogens (tertiary/aromatic N) is 1. The minimum atomic E-state index is 0.127. The van der Waals surface area contributed by atoms with Crippen LogP contribution in [0.3, 0.4) is 0 Å². The van der Waals surface area contributed by atoms with E-state index < -0.39 is 0 Å². The first kappa shape index (κ1) is 12.8. The molecule has 0 aliphatic carbocycles. The van der Waals surface area contributed by atoms with Crippen molar-refractivity contribution in [1.82, 2.24) is 4.90 Å². The number of aryl methyl sites for hydroxylation is 1. The van der Waals surface area contributed by atoms with Gasteiger partial charge in [0.15, 0.2) is 0 Å². The van der Waals surface area contributed by atoms with E-state index in [-0.39, 0.29) is 5.91 Å². The summed E-state index contributed by atoms with van der Waals surface area (Å²) in [6.07, 6.45) is 3.27. The van der Waals surface area contributed by atoms with E-state index in [2.05, 4.69) is 31.2 Å². The standard InChI is InChI=1S/C14H21NO/c1-4-5-13-6-8-14(9-7-13)10-11-15(3)12(2)16/h6-9H,4-5,10-11H2,1-3H3. The molecular weight excluding hydrogens is 198 g/mol. The molecule has 2 nitrogen and oxygen atoms in total. The summed E-state index contributed by atoms with van der Waals surface area (Å²) >= 11 is 0. The Morgan fingerprint density at radius 1 is 1.12 bits per heavy atom. The molecule has 0 radical (unpaired) electrons. The van der Waals surface area contributed by atoms with E-state index in [0.29, 0.717) is 0 Å². The Balaban J connectivity index is 2.46. The molecule has 88 valence electrons. The van der Waals surface area contributed by atoms with Crippen LogP contribution >= 0.6 is 0 Å². The molecule has 1 rings (SSSR count). The normalized spacial score (nSPS) is 10.2. The summed E-state index contributed by atoms with van der Waals surface area (Å²) < 4.78 is 0. The summed E-state index contributed by atoms with van der Waals surface area (Å²) in [5, 5.41) is 0. The minimum absolute atomic E-state index is 0.127. The Hall–Kier alpha value is -1.31. The molecule has 0 fully saturated rings. The van der Waals surface area contributed by atoms with Crippen molar-refractivity contribution in [3.05, 3.63) is 35.4 Å². The highest BCUT2D eigenvalue weighted by Crippen LogP contribution is 2.07. The topological polar surface area (TPSA) is 20.3 Å². The van der Waals surface area contributed by atoms with Crippen LogP contribution in [0, 0.1) is 0 Å². The Kier molecular flexibility index (Phi) is 5.03. The number of likely N-dealkylation sites (N-methyl/N-ethyl adjacent to an activating group) is 1. The maximum absolute atomic E-state index is 11.0. The molecule has 1 aromatic carbocycles. The van der Waals surface area contributed by atoms with Crippen LogP contribution in [0.4, 0.5) is 0 Å². The molecule has 0 aromatic heterocycles. The van der Waals surface area contributed by atoms with Crippen molar-refractivity contribution in [2.24, 2.45) is 0 Å². The van der Waals surface area contributed by atoms with Crippen LogP contribution in [-0.2, 0) is 17.6 Å². The molecule has 0 aliphatic heterocycles. The van der Waals surface area contributed by atoms with Crippen LogP contribution in [0.1, 0.15) is 31.4 Å². The van der Waals surface area contributed by atoms with Crippen molar-refractivity contribution in [2.45, 2.75) is 33.1 Å². The molecule has 1 aromatic rings. The van der Waals surface area contributed by atoms with E-state index in [9.17, 15) is 4.79 Å². The van der Waals surface area contributed by atoms with Gasteiger partial charge in [0.05, 0.1) is 0 Å². The Morgan fingerprint density at radius 2 is 1.62 bits per heavy atom. The maximum atomic E-state index is 11.0. The van der Waals surface area contributed by atoms with Crippen LogP contribution in [-0.4, -0.2) is 24.4 Å². The lowest BCUT2D eigenvalue weighted by atomic mass is 10.1. The second-order valence-corrected chi connectivity index (χ2v) is 4.26. The Labute approximate surface area is 98.3 Å². The van der Waals surface area contributed by atoms with Gasteiger partial charge in [0.2, 0.25) is 5.91 Å². The smallest absolute Gasteiger partial charge is 0.219 e. The van der Waals surface area contributed by atoms with Gasteiger partial charge in [0.25, 0.3) is 0 Å². The highest BCUT2D eigenvalue weighted by molar-refractivity contribution is 5.72. The quantitative estimate of drug-likeness (QED) is 0.745. The van der Waals surface area contributed by atoms with Gasteiger partial charge >= 0.3 is 0 Å². The van der Waals surface area contributed by atoms with Gasteiger partial charge in [-0.05, 0) is 24.0 Å². The molecule has 0 bridgehead atoms. The van der Waals surface area contributed by atoms with E-state index in [1.54, 1.807) is 11.8 Å². The molecular formula is C14H21NO. The first-order valence-electron chi connectivity index (χ1n) is 5.93. The third-order valence-corrected chi connectivity index (χ3v) is 2.84. The van der Waals surface area contributed by atoms with Crippen molar-refractivity contribution >= 4 is 5.91 Å². The zero-order chi connectivity index (χ0) is 12.0. The van der Waals surface area contributed by atoms with Gasteiger partial charge in [-0.25, -0.2) is 0 Å². The van der Waals surface area contributed by atoms with E-state index in [1.807, 2.05) is 7.05 Å². The number of rotatable bonds is 5. The second kappa shape index (κ2) is 6.31. The highest BCUT2D eigenvalue weighted by Gasteiger charge is 2.02. The number of carbonyl (C=O) groups excluding carboxylic acids is 1. The minimum Gasteiger partial charge on any atom is -0.346 e. The van der Waals surface area contributed by atoms with Gasteiger partial charge < -0.3 is 4.90 Å². The molecule has 0 N–H and O–H groups in total. The van der Waals surface area contributed by atoms with Gasteiger partial charge in [-0.3, -0.25) is 4.79 Å². The van der Waals surface area contributed by atoms with Crippen molar-refractivity contribution in [3.8, 4) is 0 Å². The number of carbonyl (C=O) groups is 1. The fourth-order valence-corrected chi connectivity index (χ4v) is 1.62. The van der Waals surface area contributed by atoms with Gasteiger partial charge in [-0.1, -0.05) is 37.6 Å². The highest BCUT2D eigenvalue weighted by atomic mass is 16.2. The lowest BCUT2D eigenvalue weighted by molar-refractivity contribution is -0.127. The van der Waals surface area contributed by atoms with E-state index in [1.165, 1.54) is 17.5 Å². The van der Waals surface area contributed by atoms with Crippen molar-refractivity contribution in [2.75, 3.05) is 13.6 Å². The largest absolute Gasteiger partial charge is 0.346 e. The lowest BCUT2D eigenvalue weighted by Gasteiger charge is -2.14. The molecule has 0 unspecified atom stereocenters. The fraction of sp³-hybridized carbons (Fsp3) is 0.500. The fourth-order valence-electron chi connectivity index (χ4n) is 1.62. The Morgan fingerprint density at radius 3 is 2.06 bits per heavy atom. The van der Waals surface area contributed by atoms with Crippen LogP contribution in [0.25, 0.3) is 0 Å². The summed E-state index contributed by atoms with van der Waals surface area (Å²) in [5.74, 6) is 0.127. The van der Waals surface area contributed by atoms with Gasteiger partial charge in [0, 0.05) is 20.5 Å². The first-order valence-corrected chi connectivity index (χ1v) is 5.93. The zero-order valence-corrected chi connectivity index (χ0v) is 10.5. The monoisotopic (exact) mass is 219 g/mol. The van der Waals surface area contributed by atoms with Gasteiger partial charge in [-0.2, -0.15) is 0 Å². The predicted molar refractivity (Wildman–Crippen MR) is 67.5 cm³/mol. The van der Waals surface area contributed by atoms with Gasteiger partial charge in [0.1, 0.15) is 0 Å². The SMILES string of the molecule is CCCc1ccc(CCN(C)C(C)=O)cc1. The molecule has 0 saturated carbocycles. The third-order valence-electron chi connectivity index (χ3n) is 2.84. The predicted octanol–water partition coefficient (Wildman–Crippen LogP) is 2.66. The summed E-state index contributed by atoms with van der Waals surface area (Å²) in [5.41, 5.74) is 2.69. The summed E-state index contributed by atoms with van der Waals surface area (Å²) in [6, 6.07) is 8.71. The number of hydrogen-bond acceptors (Lipinski definition) is 1. The van der Waals surface area contributed by atoms with E-state index in [0.717, 1.165) is 19.4 Å². The third kappa shape index (κ3) is 4.05. The Bertz CT molecular complexity index is 329. The average Bonchev–Trinajstić information content (AvgIpc) is 2.28. The van der Waals surface area contributed by atoms with Crippen LogP contribution in [0.5, 0.6) is 0 Å². The number of amides is 1. The second-order valence-electron chi connectivity index (χ2n) is 4.26. The van der Waals surface area contributed by atoms with E-state index in [4.69, 9.17) is 0 Å². The van der Waals surface area contributed by atoms with Crippen LogP contribution in [0.15, 0.2) is 24.3 Å². The van der Waals surface area contributed by atoms with Crippen molar-refractivity contribution in [3.63, 3.8) is 0 Å². The molecule has 0 heterocycles. The number of hydrogen-bond donors (Lipinski definition) is 0. The van der Waals surface area contributed by atoms with Gasteiger partial charge in [-0.15, -0.1) is 0 Å². The molecule has 0 atom stereocenters. The number of benzene rings is 1. The summed E-state index contributed by atoms with van der Waals surface area (Å²) in [7, 11) is 1.84. The van der Waals surface area contributed by atoms with Crippen LogP contribution in [0.2, 0.25) is 0 Å². The molecule has 0 saturated heterocycles. The molecule has 0 aliphatic rings. The molecule has 2 heteroatoms. The zero-order valence-electron chi connectivity index (χ0n) is 10.5. The molecule has 0 spiro atoms. The van der Waals surface area contributed by atoms with Crippen LogP contribution < -0.4 is 0 Å². The summed E-state index contributed by atoms with van der Waals surface area (Å²) in [6.45, 7) is 4.59. The summed E-state index contributed by atoms with van der Waals surface area (Å²) in [4.78, 5) is 12.8.